The molecule has 1 aromatic carbocycles. The van der Waals surface area contributed by atoms with Gasteiger partial charge in [0.25, 0.3) is 0 Å². The average Bonchev–Trinajstić information content (AvgIpc) is 3.23. The van der Waals surface area contributed by atoms with E-state index in [0.29, 0.717) is 12.0 Å². The molecule has 0 bridgehead atoms. The van der Waals surface area contributed by atoms with E-state index in [2.05, 4.69) is 46.3 Å². The Morgan fingerprint density at radius 3 is 2.56 bits per heavy atom. The van der Waals surface area contributed by atoms with E-state index in [4.69, 9.17) is 9.26 Å². The molecule has 3 heterocycles. The Labute approximate surface area is 149 Å². The van der Waals surface area contributed by atoms with Crippen LogP contribution in [0.4, 0.5) is 0 Å². The van der Waals surface area contributed by atoms with Crippen LogP contribution < -0.4 is 4.74 Å². The predicted octanol–water partition coefficient (Wildman–Crippen LogP) is 3.03. The second-order valence-electron chi connectivity index (χ2n) is 7.58. The largest absolute Gasteiger partial charge is 0.497 e. The highest BCUT2D eigenvalue weighted by Crippen LogP contribution is 2.44. The van der Waals surface area contributed by atoms with Gasteiger partial charge in [0.1, 0.15) is 11.5 Å². The van der Waals surface area contributed by atoms with Crippen molar-refractivity contribution in [3.8, 4) is 5.75 Å². The summed E-state index contributed by atoms with van der Waals surface area (Å²) in [7, 11) is 3.97. The first-order valence-corrected chi connectivity index (χ1v) is 9.05. The van der Waals surface area contributed by atoms with E-state index < -0.39 is 0 Å². The first-order chi connectivity index (χ1) is 12.1. The maximum absolute atomic E-state index is 5.33. The number of aryl methyl sites for hydroxylation is 2. The smallest absolute Gasteiger partial charge is 0.138 e. The second-order valence-corrected chi connectivity index (χ2v) is 7.58. The highest BCUT2D eigenvalue weighted by Gasteiger charge is 2.46. The van der Waals surface area contributed by atoms with E-state index in [1.807, 2.05) is 13.8 Å². The predicted molar refractivity (Wildman–Crippen MR) is 96.6 cm³/mol. The minimum Gasteiger partial charge on any atom is -0.497 e. The molecule has 5 nitrogen and oxygen atoms in total. The summed E-state index contributed by atoms with van der Waals surface area (Å²) in [5.74, 6) is 3.29. The zero-order valence-corrected chi connectivity index (χ0v) is 15.5. The van der Waals surface area contributed by atoms with Crippen LogP contribution in [-0.4, -0.2) is 48.7 Å². The molecule has 2 aromatic rings. The van der Waals surface area contributed by atoms with E-state index in [9.17, 15) is 0 Å². The third-order valence-corrected chi connectivity index (χ3v) is 5.99. The van der Waals surface area contributed by atoms with Crippen LogP contribution in [0.15, 0.2) is 28.8 Å². The average molecular weight is 341 g/mol. The van der Waals surface area contributed by atoms with E-state index in [-0.39, 0.29) is 0 Å². The number of hydrogen-bond acceptors (Lipinski definition) is 5. The van der Waals surface area contributed by atoms with Gasteiger partial charge in [-0.1, -0.05) is 17.3 Å². The Kier molecular flexibility index (Phi) is 4.29. The lowest BCUT2D eigenvalue weighted by Crippen LogP contribution is -2.29. The minimum absolute atomic E-state index is 0.491. The van der Waals surface area contributed by atoms with Crippen LogP contribution in [0.1, 0.15) is 28.6 Å². The number of fused-ring (bicyclic) bond motifs is 1. The van der Waals surface area contributed by atoms with E-state index in [1.165, 1.54) is 17.7 Å². The number of rotatable bonds is 4. The van der Waals surface area contributed by atoms with Gasteiger partial charge in [-0.05, 0) is 50.4 Å². The molecule has 3 atom stereocenters. The van der Waals surface area contributed by atoms with Gasteiger partial charge in [-0.15, -0.1) is 0 Å². The van der Waals surface area contributed by atoms with Crippen molar-refractivity contribution in [2.75, 3.05) is 33.8 Å². The zero-order valence-electron chi connectivity index (χ0n) is 15.5. The van der Waals surface area contributed by atoms with Gasteiger partial charge < -0.3 is 9.26 Å². The number of hydrogen-bond donors (Lipinski definition) is 0. The molecule has 0 saturated carbocycles. The normalized spacial score (nSPS) is 27.0. The number of methoxy groups -OCH3 is 1. The fraction of sp³-hybridized carbons (Fsp3) is 0.550. The lowest BCUT2D eigenvalue weighted by molar-refractivity contribution is 0.223. The molecule has 2 aliphatic heterocycles. The van der Waals surface area contributed by atoms with E-state index >= 15 is 0 Å². The Hall–Kier alpha value is -1.85. The van der Waals surface area contributed by atoms with Crippen LogP contribution in [0.25, 0.3) is 0 Å². The minimum atomic E-state index is 0.491. The maximum atomic E-state index is 5.33. The molecule has 0 radical (unpaired) electrons. The summed E-state index contributed by atoms with van der Waals surface area (Å²) in [5, 5.41) is 4.10. The molecule has 2 fully saturated rings. The van der Waals surface area contributed by atoms with Crippen molar-refractivity contribution >= 4 is 0 Å². The van der Waals surface area contributed by atoms with Crippen LogP contribution in [0.2, 0.25) is 0 Å². The second kappa shape index (κ2) is 6.46. The third-order valence-electron chi connectivity index (χ3n) is 5.99. The summed E-state index contributed by atoms with van der Waals surface area (Å²) in [6, 6.07) is 9.09. The fourth-order valence-corrected chi connectivity index (χ4v) is 4.73. The van der Waals surface area contributed by atoms with E-state index in [1.54, 1.807) is 7.11 Å². The molecule has 0 spiro atoms. The Morgan fingerprint density at radius 1 is 1.16 bits per heavy atom. The highest BCUT2D eigenvalue weighted by atomic mass is 16.5. The highest BCUT2D eigenvalue weighted by molar-refractivity contribution is 5.31. The summed E-state index contributed by atoms with van der Waals surface area (Å²) < 4.78 is 10.6. The Bertz CT molecular complexity index is 720. The summed E-state index contributed by atoms with van der Waals surface area (Å²) in [6.45, 7) is 8.46. The van der Waals surface area contributed by atoms with Crippen LogP contribution >= 0.6 is 0 Å². The molecular weight excluding hydrogens is 314 g/mol. The number of likely N-dealkylation sites (tertiary alicyclic amines) is 2. The molecular formula is C20H27N3O2. The summed E-state index contributed by atoms with van der Waals surface area (Å²) in [4.78, 5) is 5.09. The molecule has 1 aromatic heterocycles. The fourth-order valence-electron chi connectivity index (χ4n) is 4.73. The molecule has 25 heavy (non-hydrogen) atoms. The maximum Gasteiger partial charge on any atom is 0.138 e. The molecule has 0 aliphatic carbocycles. The standard InChI is InChI=1S/C20H27N3O2/c1-13-18(14(2)25-21-13)11-23-10-16-9-22(3)20(19(16)12-23)15-5-7-17(24-4)8-6-15/h5-8,16,19-20H,9-12H2,1-4H3/t16-,19+,20+/m0/s1. The number of aromatic nitrogens is 1. The van der Waals surface area contributed by atoms with Gasteiger partial charge in [-0.25, -0.2) is 0 Å². The number of nitrogens with zero attached hydrogens (tertiary/aromatic N) is 3. The Balaban J connectivity index is 1.50. The number of benzene rings is 1. The lowest BCUT2D eigenvalue weighted by atomic mass is 9.89. The molecule has 2 aliphatic rings. The van der Waals surface area contributed by atoms with Crippen LogP contribution in [0.3, 0.4) is 0 Å². The van der Waals surface area contributed by atoms with Crippen molar-refractivity contribution < 1.29 is 9.26 Å². The van der Waals surface area contributed by atoms with Crippen LogP contribution in [0, 0.1) is 25.7 Å². The third kappa shape index (κ3) is 2.96. The summed E-state index contributed by atoms with van der Waals surface area (Å²) >= 11 is 0. The first kappa shape index (κ1) is 16.6. The van der Waals surface area contributed by atoms with Crippen LogP contribution in [0.5, 0.6) is 5.75 Å². The molecule has 0 unspecified atom stereocenters. The molecule has 2 saturated heterocycles. The van der Waals surface area contributed by atoms with Crippen molar-refractivity contribution in [2.45, 2.75) is 26.4 Å². The SMILES string of the molecule is COc1ccc([C@@H]2[C@@H]3CN(Cc4c(C)noc4C)C[C@@H]3CN2C)cc1. The van der Waals surface area contributed by atoms with Gasteiger partial charge in [-0.3, -0.25) is 9.80 Å². The molecule has 4 rings (SSSR count). The van der Waals surface area contributed by atoms with Gasteiger partial charge >= 0.3 is 0 Å². The molecule has 5 heteroatoms. The van der Waals surface area contributed by atoms with Gasteiger partial charge in [0.15, 0.2) is 0 Å². The van der Waals surface area contributed by atoms with Crippen molar-refractivity contribution in [2.24, 2.45) is 11.8 Å². The Morgan fingerprint density at radius 2 is 1.92 bits per heavy atom. The van der Waals surface area contributed by atoms with E-state index in [0.717, 1.165) is 42.8 Å². The quantitative estimate of drug-likeness (QED) is 0.855. The zero-order chi connectivity index (χ0) is 17.6. The molecule has 0 amide bonds. The van der Waals surface area contributed by atoms with Gasteiger partial charge in [0.05, 0.1) is 12.8 Å². The molecule has 0 N–H and O–H groups in total. The van der Waals surface area contributed by atoms with Crippen molar-refractivity contribution in [1.29, 1.82) is 0 Å². The van der Waals surface area contributed by atoms with Gasteiger partial charge in [-0.2, -0.15) is 0 Å². The number of ether oxygens (including phenoxy) is 1. The van der Waals surface area contributed by atoms with Crippen molar-refractivity contribution in [3.63, 3.8) is 0 Å². The first-order valence-electron chi connectivity index (χ1n) is 9.05. The van der Waals surface area contributed by atoms with Crippen molar-refractivity contribution in [3.05, 3.63) is 46.8 Å². The topological polar surface area (TPSA) is 41.7 Å². The van der Waals surface area contributed by atoms with Crippen LogP contribution in [-0.2, 0) is 6.54 Å². The summed E-state index contributed by atoms with van der Waals surface area (Å²) in [5.41, 5.74) is 3.68. The molecule has 134 valence electrons. The van der Waals surface area contributed by atoms with Gasteiger partial charge in [0, 0.05) is 37.8 Å². The summed E-state index contributed by atoms with van der Waals surface area (Å²) in [6.07, 6.45) is 0. The lowest BCUT2D eigenvalue weighted by Gasteiger charge is -2.27. The van der Waals surface area contributed by atoms with Crippen molar-refractivity contribution in [1.82, 2.24) is 15.0 Å². The van der Waals surface area contributed by atoms with Gasteiger partial charge in [0.2, 0.25) is 0 Å². The monoisotopic (exact) mass is 341 g/mol.